The van der Waals surface area contributed by atoms with Gasteiger partial charge in [-0.2, -0.15) is 0 Å². The van der Waals surface area contributed by atoms with E-state index < -0.39 is 124 Å². The summed E-state index contributed by atoms with van der Waals surface area (Å²) in [6.07, 6.45) is 44.9. The van der Waals surface area contributed by atoms with Crippen molar-refractivity contribution in [2.75, 3.05) is 26.4 Å². The largest absolute Gasteiger partial charge is 0.394 e. The van der Waals surface area contributed by atoms with Crippen LogP contribution in [0.3, 0.4) is 0 Å². The summed E-state index contributed by atoms with van der Waals surface area (Å²) in [5.74, 6) is -0.232. The number of carbonyl (C=O) groups is 1. The Morgan fingerprint density at radius 2 is 0.576 bits per heavy atom. The highest BCUT2D eigenvalue weighted by Gasteiger charge is 2.54. The molecule has 12 N–H and O–H groups in total. The van der Waals surface area contributed by atoms with Gasteiger partial charge < -0.3 is 89.9 Å². The smallest absolute Gasteiger partial charge is 0.220 e. The second-order valence-corrected chi connectivity index (χ2v) is 30.3. The van der Waals surface area contributed by atoms with Crippen LogP contribution < -0.4 is 5.32 Å². The molecule has 0 radical (unpaired) electrons. The van der Waals surface area contributed by atoms with Gasteiger partial charge in [0.1, 0.15) is 73.2 Å². The van der Waals surface area contributed by atoms with Crippen molar-refractivity contribution in [2.24, 2.45) is 0 Å². The van der Waals surface area contributed by atoms with Gasteiger partial charge in [0.25, 0.3) is 0 Å². The fraction of sp³-hybridized carbons (Fsp3) is 0.988. The van der Waals surface area contributed by atoms with Gasteiger partial charge in [-0.05, 0) is 12.8 Å². The van der Waals surface area contributed by atoms with Crippen molar-refractivity contribution in [2.45, 2.75) is 478 Å². The Kier molecular flexibility index (Phi) is 57.5. The van der Waals surface area contributed by atoms with Gasteiger partial charge in [0.15, 0.2) is 18.9 Å². The fourth-order valence-electron chi connectivity index (χ4n) is 14.7. The van der Waals surface area contributed by atoms with E-state index in [4.69, 9.17) is 28.4 Å². The van der Waals surface area contributed by atoms with Crippen LogP contribution in [0, 0.1) is 0 Å². The van der Waals surface area contributed by atoms with Gasteiger partial charge in [0.2, 0.25) is 5.91 Å². The summed E-state index contributed by atoms with van der Waals surface area (Å²) < 4.78 is 34.6. The molecule has 3 aliphatic rings. The molecular weight excluding hydrogens is 1260 g/mol. The van der Waals surface area contributed by atoms with E-state index in [1.807, 2.05) is 0 Å². The molecule has 3 saturated heterocycles. The molecule has 0 aromatic heterocycles. The quantitative estimate of drug-likeness (QED) is 0.0252. The second kappa shape index (κ2) is 61.9. The van der Waals surface area contributed by atoms with Crippen molar-refractivity contribution in [1.82, 2.24) is 5.32 Å². The van der Waals surface area contributed by atoms with E-state index in [0.29, 0.717) is 12.8 Å². The number of aliphatic hydroxyl groups excluding tert-OH is 11. The zero-order chi connectivity index (χ0) is 71.8. The lowest BCUT2D eigenvalue weighted by Gasteiger charge is -2.48. The van der Waals surface area contributed by atoms with E-state index in [9.17, 15) is 61.0 Å². The van der Waals surface area contributed by atoms with E-state index in [1.54, 1.807) is 0 Å². The van der Waals surface area contributed by atoms with Crippen LogP contribution >= 0.6 is 0 Å². The molecule has 0 aromatic rings. The van der Waals surface area contributed by atoms with Crippen LogP contribution in [-0.2, 0) is 33.2 Å². The predicted molar refractivity (Wildman–Crippen MR) is 393 cm³/mol. The highest BCUT2D eigenvalue weighted by atomic mass is 16.8. The first-order valence-corrected chi connectivity index (χ1v) is 41.8. The molecule has 3 fully saturated rings. The van der Waals surface area contributed by atoms with Crippen LogP contribution in [0.5, 0.6) is 0 Å². The zero-order valence-corrected chi connectivity index (χ0v) is 63.0. The summed E-state index contributed by atoms with van der Waals surface area (Å²) in [5, 5.41) is 121. The monoisotopic (exact) mass is 1420 g/mol. The first-order chi connectivity index (χ1) is 48.3. The summed E-state index contributed by atoms with van der Waals surface area (Å²) in [4.78, 5) is 13.5. The molecule has 3 rings (SSSR count). The molecule has 19 nitrogen and oxygen atoms in total. The van der Waals surface area contributed by atoms with Crippen molar-refractivity contribution in [3.05, 3.63) is 0 Å². The van der Waals surface area contributed by atoms with Gasteiger partial charge in [-0.15, -0.1) is 0 Å². The standard InChI is InChI=1S/C80H155NO18/c1-3-5-7-9-11-13-15-17-19-21-23-25-27-28-29-30-31-32-33-34-36-37-39-41-43-45-47-49-51-53-55-57-64(85)63(81-68(86)58-56-54-52-50-48-46-44-42-40-38-35-26-24-22-20-18-16-14-12-10-8-6-4-2)62-94-78-74(92)71(89)76(66(60-83)96-78)99-80-75(93)72(90)77(67(61-84)97-80)98-79-73(91)70(88)69(87)65(59-82)95-79/h63-67,69-80,82-85,87-93H,3-62H2,1-2H3,(H,81,86). The maximum Gasteiger partial charge on any atom is 0.220 e. The molecule has 17 unspecified atom stereocenters. The Hall–Kier alpha value is -1.21. The van der Waals surface area contributed by atoms with Gasteiger partial charge in [-0.1, -0.05) is 354 Å². The van der Waals surface area contributed by atoms with E-state index in [2.05, 4.69) is 19.2 Å². The highest BCUT2D eigenvalue weighted by Crippen LogP contribution is 2.34. The summed E-state index contributed by atoms with van der Waals surface area (Å²) >= 11 is 0. The maximum absolute atomic E-state index is 13.5. The molecule has 3 aliphatic heterocycles. The predicted octanol–water partition coefficient (Wildman–Crippen LogP) is 14.2. The molecule has 19 heteroatoms. The number of aliphatic hydroxyl groups is 11. The Balaban J connectivity index is 1.35. The molecule has 1 amide bonds. The maximum atomic E-state index is 13.5. The van der Waals surface area contributed by atoms with Gasteiger partial charge in [-0.3, -0.25) is 4.79 Å². The normalized spacial score (nSPS) is 26.5. The van der Waals surface area contributed by atoms with Crippen LogP contribution in [-0.4, -0.2) is 193 Å². The van der Waals surface area contributed by atoms with Crippen molar-refractivity contribution in [1.29, 1.82) is 0 Å². The van der Waals surface area contributed by atoms with E-state index >= 15 is 0 Å². The summed E-state index contributed by atoms with van der Waals surface area (Å²) in [5.41, 5.74) is 0. The van der Waals surface area contributed by atoms with Crippen molar-refractivity contribution >= 4 is 5.91 Å². The van der Waals surface area contributed by atoms with Crippen LogP contribution in [0.15, 0.2) is 0 Å². The lowest BCUT2D eigenvalue weighted by Crippen LogP contribution is -2.66. The Morgan fingerprint density at radius 3 is 0.879 bits per heavy atom. The molecule has 0 aliphatic carbocycles. The van der Waals surface area contributed by atoms with Crippen LogP contribution in [0.1, 0.15) is 373 Å². The number of amides is 1. The third-order valence-corrected chi connectivity index (χ3v) is 21.4. The molecule has 17 atom stereocenters. The molecule has 0 spiro atoms. The molecule has 0 saturated carbocycles. The minimum atomic E-state index is -1.97. The van der Waals surface area contributed by atoms with Gasteiger partial charge in [0, 0.05) is 6.42 Å². The third-order valence-electron chi connectivity index (χ3n) is 21.4. The van der Waals surface area contributed by atoms with Crippen LogP contribution in [0.4, 0.5) is 0 Å². The molecule has 99 heavy (non-hydrogen) atoms. The van der Waals surface area contributed by atoms with Crippen molar-refractivity contribution < 1.29 is 89.4 Å². The number of carbonyl (C=O) groups excluding carboxylic acids is 1. The Morgan fingerprint density at radius 1 is 0.323 bits per heavy atom. The highest BCUT2D eigenvalue weighted by molar-refractivity contribution is 5.76. The number of ether oxygens (including phenoxy) is 6. The number of unbranched alkanes of at least 4 members (excludes halogenated alkanes) is 52. The average molecular weight is 1420 g/mol. The molecule has 588 valence electrons. The molecule has 3 heterocycles. The van der Waals surface area contributed by atoms with E-state index in [-0.39, 0.29) is 18.9 Å². The minimum Gasteiger partial charge on any atom is -0.394 e. The number of rotatable bonds is 68. The first-order valence-electron chi connectivity index (χ1n) is 41.8. The number of nitrogens with one attached hydrogen (secondary N) is 1. The van der Waals surface area contributed by atoms with Crippen LogP contribution in [0.2, 0.25) is 0 Å². The average Bonchev–Trinajstić information content (AvgIpc) is 0.784. The van der Waals surface area contributed by atoms with Crippen molar-refractivity contribution in [3.8, 4) is 0 Å². The van der Waals surface area contributed by atoms with Crippen LogP contribution in [0.25, 0.3) is 0 Å². The second-order valence-electron chi connectivity index (χ2n) is 30.3. The van der Waals surface area contributed by atoms with Gasteiger partial charge in [-0.25, -0.2) is 0 Å². The molecule has 0 aromatic carbocycles. The van der Waals surface area contributed by atoms with Gasteiger partial charge >= 0.3 is 0 Å². The lowest BCUT2D eigenvalue weighted by molar-refractivity contribution is -0.379. The molecule has 0 bridgehead atoms. The number of hydrogen-bond donors (Lipinski definition) is 12. The van der Waals surface area contributed by atoms with E-state index in [1.165, 1.54) is 295 Å². The van der Waals surface area contributed by atoms with Gasteiger partial charge in [0.05, 0.1) is 38.6 Å². The fourth-order valence-corrected chi connectivity index (χ4v) is 14.7. The summed E-state index contributed by atoms with van der Waals surface area (Å²) in [7, 11) is 0. The number of hydrogen-bond acceptors (Lipinski definition) is 18. The topological polar surface area (TPSA) is 307 Å². The van der Waals surface area contributed by atoms with E-state index in [0.717, 1.165) is 44.9 Å². The zero-order valence-electron chi connectivity index (χ0n) is 63.0. The first kappa shape index (κ1) is 92.0. The third kappa shape index (κ3) is 42.1. The lowest BCUT2D eigenvalue weighted by atomic mass is 9.96. The molecular formula is C80H155NO18. The minimum absolute atomic E-state index is 0.232. The summed E-state index contributed by atoms with van der Waals surface area (Å²) in [6, 6.07) is -0.883. The Labute approximate surface area is 602 Å². The Bertz CT molecular complexity index is 1790. The SMILES string of the molecule is CCCCCCCCCCCCCCCCCCCCCCCCCCCCCCCCCC(O)C(COC1OC(CO)C(OC2OC(CO)C(OC3OC(CO)C(O)C(O)C3O)C(O)C2O)C(O)C1O)NC(=O)CCCCCCCCCCCCCCCCCCCCCCCCC. The summed E-state index contributed by atoms with van der Waals surface area (Å²) in [6.45, 7) is 1.88. The van der Waals surface area contributed by atoms with Crippen molar-refractivity contribution in [3.63, 3.8) is 0 Å².